The molecule has 0 aliphatic heterocycles. The van der Waals surface area contributed by atoms with Crippen molar-refractivity contribution in [2.75, 3.05) is 6.54 Å². The minimum absolute atomic E-state index is 0.0231. The van der Waals surface area contributed by atoms with Gasteiger partial charge in [-0.2, -0.15) is 0 Å². The minimum Gasteiger partial charge on any atom is -0.508 e. The van der Waals surface area contributed by atoms with Gasteiger partial charge in [-0.25, -0.2) is 9.78 Å². The second-order valence-corrected chi connectivity index (χ2v) is 9.66. The average molecular weight is 604 g/mol. The van der Waals surface area contributed by atoms with E-state index in [1.54, 1.807) is 12.1 Å². The fraction of sp³-hybridized carbons (Fsp3) is 0.423. The zero-order chi connectivity index (χ0) is 31.9. The Kier molecular flexibility index (Phi) is 13.4. The number of aliphatic carboxylic acids is 2. The van der Waals surface area contributed by atoms with Gasteiger partial charge in [0.1, 0.15) is 23.9 Å². The summed E-state index contributed by atoms with van der Waals surface area (Å²) in [4.78, 5) is 72.6. The smallest absolute Gasteiger partial charge is 0.326 e. The number of H-pyrrole nitrogens is 1. The summed E-state index contributed by atoms with van der Waals surface area (Å²) in [7, 11) is 0. The highest BCUT2D eigenvalue weighted by Gasteiger charge is 2.31. The number of aromatic nitrogens is 2. The standard InChI is InChI=1S/C26H37N9O8/c27-17(10-14-3-5-16(36)6-4-14)22(39)35-20(11-15-12-30-13-32-15)24(41)33-18(2-1-9-31-26(28)29)23(40)34-19(25(42)43)7-8-21(37)38/h3-6,12-13,17-20,36H,1-2,7-11,27H2,(H,30,32)(H,33,41)(H,34,40)(H,35,39)(H,37,38)(H,42,43)(H4,28,29,31). The van der Waals surface area contributed by atoms with Crippen LogP contribution in [0.15, 0.2) is 41.8 Å². The van der Waals surface area contributed by atoms with E-state index in [0.29, 0.717) is 11.3 Å². The number of carboxylic acids is 2. The molecule has 0 bridgehead atoms. The molecule has 1 aromatic heterocycles. The summed E-state index contributed by atoms with van der Waals surface area (Å²) in [6.45, 7) is 0.101. The number of nitrogens with two attached hydrogens (primary N) is 3. The normalized spacial score (nSPS) is 13.5. The highest BCUT2D eigenvalue weighted by molar-refractivity contribution is 5.94. The summed E-state index contributed by atoms with van der Waals surface area (Å²) in [5.74, 6) is -5.16. The van der Waals surface area contributed by atoms with Crippen LogP contribution in [0, 0.1) is 0 Å². The van der Waals surface area contributed by atoms with Crippen molar-refractivity contribution < 1.29 is 39.3 Å². The number of aromatic amines is 1. The number of hydrogen-bond acceptors (Lipinski definition) is 9. The molecule has 0 radical (unpaired) electrons. The van der Waals surface area contributed by atoms with E-state index in [2.05, 4.69) is 30.9 Å². The third kappa shape index (κ3) is 12.5. The van der Waals surface area contributed by atoms with Crippen molar-refractivity contribution in [3.63, 3.8) is 0 Å². The summed E-state index contributed by atoms with van der Waals surface area (Å²) in [5, 5.41) is 35.2. The Morgan fingerprint density at radius 2 is 1.51 bits per heavy atom. The van der Waals surface area contributed by atoms with E-state index in [1.807, 2.05) is 0 Å². The monoisotopic (exact) mass is 603 g/mol. The van der Waals surface area contributed by atoms with Crippen LogP contribution in [0.25, 0.3) is 0 Å². The van der Waals surface area contributed by atoms with Crippen LogP contribution in [0.3, 0.4) is 0 Å². The number of benzene rings is 1. The number of carbonyl (C=O) groups excluding carboxylic acids is 3. The molecule has 4 atom stereocenters. The summed E-state index contributed by atoms with van der Waals surface area (Å²) >= 11 is 0. The van der Waals surface area contributed by atoms with Crippen LogP contribution in [0.5, 0.6) is 5.75 Å². The molecule has 1 heterocycles. The number of carboxylic acid groups (broad SMARTS) is 2. The molecular formula is C26H37N9O8. The van der Waals surface area contributed by atoms with Crippen molar-refractivity contribution in [1.29, 1.82) is 0 Å². The molecule has 4 unspecified atom stereocenters. The van der Waals surface area contributed by atoms with Gasteiger partial charge in [-0.1, -0.05) is 12.1 Å². The van der Waals surface area contributed by atoms with Gasteiger partial charge in [-0.05, 0) is 43.4 Å². The molecule has 0 aliphatic rings. The molecule has 234 valence electrons. The van der Waals surface area contributed by atoms with E-state index in [-0.39, 0.29) is 50.4 Å². The minimum atomic E-state index is -1.53. The van der Waals surface area contributed by atoms with Crippen molar-refractivity contribution in [3.8, 4) is 5.75 Å². The van der Waals surface area contributed by atoms with Crippen molar-refractivity contribution in [2.45, 2.75) is 62.7 Å². The lowest BCUT2D eigenvalue weighted by Crippen LogP contribution is -2.57. The first-order valence-corrected chi connectivity index (χ1v) is 13.3. The lowest BCUT2D eigenvalue weighted by Gasteiger charge is -2.25. The zero-order valence-corrected chi connectivity index (χ0v) is 23.2. The number of hydrogen-bond donors (Lipinski definition) is 10. The van der Waals surface area contributed by atoms with Crippen LogP contribution >= 0.6 is 0 Å². The van der Waals surface area contributed by atoms with Crippen LogP contribution in [0.4, 0.5) is 0 Å². The molecule has 43 heavy (non-hydrogen) atoms. The maximum atomic E-state index is 13.4. The second kappa shape index (κ2) is 16.9. The first-order chi connectivity index (χ1) is 20.3. The molecule has 2 aromatic rings. The Balaban J connectivity index is 2.21. The Hall–Kier alpha value is -5.19. The maximum absolute atomic E-state index is 13.4. The van der Waals surface area contributed by atoms with E-state index in [9.17, 15) is 34.2 Å². The van der Waals surface area contributed by atoms with Gasteiger partial charge in [0.15, 0.2) is 5.96 Å². The van der Waals surface area contributed by atoms with Crippen LogP contribution in [0.1, 0.15) is 36.9 Å². The molecule has 0 saturated carbocycles. The topological polar surface area (TPSA) is 301 Å². The van der Waals surface area contributed by atoms with Crippen molar-refractivity contribution in [2.24, 2.45) is 22.2 Å². The number of imidazole rings is 1. The number of aromatic hydroxyl groups is 1. The van der Waals surface area contributed by atoms with Gasteiger partial charge in [0, 0.05) is 31.3 Å². The number of rotatable bonds is 18. The van der Waals surface area contributed by atoms with Crippen molar-refractivity contribution >= 4 is 35.6 Å². The predicted octanol–water partition coefficient (Wildman–Crippen LogP) is -2.31. The molecule has 17 nitrogen and oxygen atoms in total. The predicted molar refractivity (Wildman–Crippen MR) is 152 cm³/mol. The van der Waals surface area contributed by atoms with Gasteiger partial charge in [-0.15, -0.1) is 0 Å². The molecule has 3 amide bonds. The molecule has 17 heteroatoms. The van der Waals surface area contributed by atoms with Gasteiger partial charge in [0.2, 0.25) is 17.7 Å². The van der Waals surface area contributed by atoms with E-state index < -0.39 is 60.2 Å². The van der Waals surface area contributed by atoms with E-state index in [4.69, 9.17) is 22.3 Å². The summed E-state index contributed by atoms with van der Waals surface area (Å²) in [6, 6.07) is 0.986. The van der Waals surface area contributed by atoms with Crippen LogP contribution in [-0.2, 0) is 36.8 Å². The number of aliphatic imine (C=N–C) groups is 1. The number of phenols is 1. The lowest BCUT2D eigenvalue weighted by molar-refractivity contribution is -0.143. The SMILES string of the molecule is NC(N)=NCCCC(NC(=O)C(Cc1cnc[nH]1)NC(=O)C(N)Cc1ccc(O)cc1)C(=O)NC(CCC(=O)O)C(=O)O. The Bertz CT molecular complexity index is 1260. The number of phenolic OH excluding ortho intramolecular Hbond substituents is 1. The molecule has 13 N–H and O–H groups in total. The van der Waals surface area contributed by atoms with Crippen molar-refractivity contribution in [1.82, 2.24) is 25.9 Å². The number of carbonyl (C=O) groups is 5. The summed E-state index contributed by atoms with van der Waals surface area (Å²) in [6.07, 6.45) is 2.16. The zero-order valence-electron chi connectivity index (χ0n) is 23.2. The van der Waals surface area contributed by atoms with E-state index >= 15 is 0 Å². The average Bonchev–Trinajstić information content (AvgIpc) is 3.46. The fourth-order valence-corrected chi connectivity index (χ4v) is 3.93. The third-order valence-electron chi connectivity index (χ3n) is 6.18. The van der Waals surface area contributed by atoms with Crippen LogP contribution in [-0.4, -0.2) is 91.6 Å². The molecule has 0 fully saturated rings. The van der Waals surface area contributed by atoms with Gasteiger partial charge in [-0.3, -0.25) is 24.2 Å². The number of nitrogens with one attached hydrogen (secondary N) is 4. The fourth-order valence-electron chi connectivity index (χ4n) is 3.93. The lowest BCUT2D eigenvalue weighted by atomic mass is 10.0. The molecule has 0 aliphatic carbocycles. The molecule has 1 aromatic carbocycles. The van der Waals surface area contributed by atoms with Gasteiger partial charge < -0.3 is 53.5 Å². The van der Waals surface area contributed by atoms with Gasteiger partial charge in [0.05, 0.1) is 12.4 Å². The largest absolute Gasteiger partial charge is 0.508 e. The Morgan fingerprint density at radius 1 is 0.884 bits per heavy atom. The molecular weight excluding hydrogens is 566 g/mol. The molecule has 2 rings (SSSR count). The number of guanidine groups is 1. The second-order valence-electron chi connectivity index (χ2n) is 9.66. The maximum Gasteiger partial charge on any atom is 0.326 e. The number of amides is 3. The summed E-state index contributed by atoms with van der Waals surface area (Å²) in [5.41, 5.74) is 17.9. The Morgan fingerprint density at radius 3 is 2.09 bits per heavy atom. The van der Waals surface area contributed by atoms with E-state index in [0.717, 1.165) is 0 Å². The van der Waals surface area contributed by atoms with Gasteiger partial charge in [0.25, 0.3) is 0 Å². The summed E-state index contributed by atoms with van der Waals surface area (Å²) < 4.78 is 0. The van der Waals surface area contributed by atoms with Gasteiger partial charge >= 0.3 is 11.9 Å². The van der Waals surface area contributed by atoms with Crippen molar-refractivity contribution in [3.05, 3.63) is 48.0 Å². The highest BCUT2D eigenvalue weighted by Crippen LogP contribution is 2.11. The van der Waals surface area contributed by atoms with Crippen LogP contribution in [0.2, 0.25) is 0 Å². The number of nitrogens with zero attached hydrogens (tertiary/aromatic N) is 2. The third-order valence-corrected chi connectivity index (χ3v) is 6.18. The molecule has 0 spiro atoms. The first kappa shape index (κ1) is 34.0. The highest BCUT2D eigenvalue weighted by atomic mass is 16.4. The Labute approximate surface area is 246 Å². The van der Waals surface area contributed by atoms with E-state index in [1.165, 1.54) is 24.7 Å². The van der Waals surface area contributed by atoms with Crippen LogP contribution < -0.4 is 33.2 Å². The quantitative estimate of drug-likeness (QED) is 0.0488. The first-order valence-electron chi connectivity index (χ1n) is 13.3. The molecule has 0 saturated heterocycles.